The molecule has 0 N–H and O–H groups in total. The Bertz CT molecular complexity index is 486. The highest BCUT2D eigenvalue weighted by Crippen LogP contribution is 2.30. The molecule has 0 saturated carbocycles. The molecule has 0 radical (unpaired) electrons. The van der Waals surface area contributed by atoms with Crippen molar-refractivity contribution < 1.29 is 19.2 Å². The Kier molecular flexibility index (Phi) is 4.17. The van der Waals surface area contributed by atoms with Gasteiger partial charge in [0.2, 0.25) is 0 Å². The average Bonchev–Trinajstić information content (AvgIpc) is 2.27. The lowest BCUT2D eigenvalue weighted by atomic mass is 10.1. The Balaban J connectivity index is 3.31. The maximum atomic E-state index is 11.1. The highest BCUT2D eigenvalue weighted by atomic mass is 35.5. The van der Waals surface area contributed by atoms with Crippen LogP contribution in [0.2, 0.25) is 5.02 Å². The zero-order valence-corrected chi connectivity index (χ0v) is 9.56. The van der Waals surface area contributed by atoms with Crippen molar-refractivity contribution in [2.75, 3.05) is 7.11 Å². The summed E-state index contributed by atoms with van der Waals surface area (Å²) in [6.45, 7) is 0. The Morgan fingerprint density at radius 2 is 2.24 bits per heavy atom. The summed E-state index contributed by atoms with van der Waals surface area (Å²) < 4.78 is 4.41. The van der Waals surface area contributed by atoms with E-state index in [1.165, 1.54) is 19.2 Å². The van der Waals surface area contributed by atoms with Gasteiger partial charge in [-0.15, -0.1) is 0 Å². The maximum Gasteiger partial charge on any atom is 0.310 e. The first-order valence-electron chi connectivity index (χ1n) is 4.48. The van der Waals surface area contributed by atoms with Gasteiger partial charge in [0.1, 0.15) is 11.3 Å². The van der Waals surface area contributed by atoms with E-state index in [0.717, 1.165) is 0 Å². The van der Waals surface area contributed by atoms with Crippen molar-refractivity contribution in [3.63, 3.8) is 0 Å². The van der Waals surface area contributed by atoms with Crippen molar-refractivity contribution in [1.82, 2.24) is 0 Å². The number of methoxy groups -OCH3 is 1. The van der Waals surface area contributed by atoms with Crippen molar-refractivity contribution in [3.8, 4) is 0 Å². The predicted molar refractivity (Wildman–Crippen MR) is 59.2 cm³/mol. The molecular formula is C10H8ClNO5. The minimum atomic E-state index is -0.699. The number of benzene rings is 1. The van der Waals surface area contributed by atoms with Gasteiger partial charge in [0.05, 0.1) is 18.5 Å². The molecule has 0 amide bonds. The summed E-state index contributed by atoms with van der Waals surface area (Å²) in [5, 5.41) is 10.6. The minimum absolute atomic E-state index is 0.0523. The van der Waals surface area contributed by atoms with E-state index in [1.54, 1.807) is 0 Å². The van der Waals surface area contributed by atoms with Gasteiger partial charge < -0.3 is 4.74 Å². The molecule has 7 heteroatoms. The number of hydrogen-bond acceptors (Lipinski definition) is 5. The first-order chi connectivity index (χ1) is 7.99. The molecule has 0 saturated heterocycles. The molecule has 90 valence electrons. The molecule has 1 aromatic carbocycles. The second-order valence-corrected chi connectivity index (χ2v) is 3.55. The molecule has 6 nitrogen and oxygen atoms in total. The van der Waals surface area contributed by atoms with Gasteiger partial charge >= 0.3 is 5.97 Å². The van der Waals surface area contributed by atoms with Gasteiger partial charge in [0, 0.05) is 11.1 Å². The van der Waals surface area contributed by atoms with E-state index in [9.17, 15) is 19.7 Å². The lowest BCUT2D eigenvalue weighted by Crippen LogP contribution is -2.07. The van der Waals surface area contributed by atoms with Crippen LogP contribution in [0.4, 0.5) is 5.69 Å². The van der Waals surface area contributed by atoms with Gasteiger partial charge in [-0.05, 0) is 12.1 Å². The van der Waals surface area contributed by atoms with Crippen molar-refractivity contribution in [1.29, 1.82) is 0 Å². The molecule has 17 heavy (non-hydrogen) atoms. The van der Waals surface area contributed by atoms with Crippen LogP contribution in [-0.4, -0.2) is 24.3 Å². The van der Waals surface area contributed by atoms with Crippen LogP contribution in [0.1, 0.15) is 15.9 Å². The van der Waals surface area contributed by atoms with E-state index < -0.39 is 10.9 Å². The van der Waals surface area contributed by atoms with E-state index in [1.807, 2.05) is 0 Å². The number of nitrogens with zero attached hydrogens (tertiary/aromatic N) is 1. The van der Waals surface area contributed by atoms with Crippen LogP contribution in [0.5, 0.6) is 0 Å². The fourth-order valence-corrected chi connectivity index (χ4v) is 1.63. The number of halogens is 1. The molecular weight excluding hydrogens is 250 g/mol. The molecule has 1 aromatic rings. The van der Waals surface area contributed by atoms with Crippen LogP contribution in [0.15, 0.2) is 12.1 Å². The summed E-state index contributed by atoms with van der Waals surface area (Å²) in [4.78, 5) is 31.8. The Morgan fingerprint density at radius 1 is 1.59 bits per heavy atom. The number of esters is 1. The van der Waals surface area contributed by atoms with E-state index in [4.69, 9.17) is 11.6 Å². The van der Waals surface area contributed by atoms with Gasteiger partial charge in [-0.2, -0.15) is 0 Å². The van der Waals surface area contributed by atoms with Crippen LogP contribution in [0.25, 0.3) is 0 Å². The molecule has 0 bridgehead atoms. The molecule has 0 fully saturated rings. The lowest BCUT2D eigenvalue weighted by molar-refractivity contribution is -0.385. The van der Waals surface area contributed by atoms with Gasteiger partial charge in [-0.3, -0.25) is 19.7 Å². The third-order valence-corrected chi connectivity index (χ3v) is 2.33. The highest BCUT2D eigenvalue weighted by Gasteiger charge is 2.22. The second kappa shape index (κ2) is 5.40. The zero-order valence-electron chi connectivity index (χ0n) is 8.81. The molecule has 0 spiro atoms. The van der Waals surface area contributed by atoms with Crippen molar-refractivity contribution in [2.45, 2.75) is 6.42 Å². The highest BCUT2D eigenvalue weighted by molar-refractivity contribution is 6.33. The number of carbonyl (C=O) groups is 2. The van der Waals surface area contributed by atoms with E-state index in [-0.39, 0.29) is 28.3 Å². The van der Waals surface area contributed by atoms with E-state index in [0.29, 0.717) is 6.29 Å². The number of nitro groups is 1. The molecule has 0 aliphatic rings. The molecule has 0 aromatic heterocycles. The summed E-state index contributed by atoms with van der Waals surface area (Å²) in [5.74, 6) is -0.646. The van der Waals surface area contributed by atoms with Crippen LogP contribution in [0, 0.1) is 10.1 Å². The normalized spacial score (nSPS) is 9.76. The van der Waals surface area contributed by atoms with Crippen molar-refractivity contribution in [3.05, 3.63) is 38.4 Å². The topological polar surface area (TPSA) is 86.5 Å². The van der Waals surface area contributed by atoms with Crippen LogP contribution >= 0.6 is 11.6 Å². The number of rotatable bonds is 4. The Hall–Kier alpha value is -1.95. The molecule has 1 rings (SSSR count). The van der Waals surface area contributed by atoms with Gasteiger partial charge in [0.15, 0.2) is 0 Å². The number of nitro benzene ring substituents is 1. The van der Waals surface area contributed by atoms with Crippen molar-refractivity contribution in [2.24, 2.45) is 0 Å². The number of aldehydes is 1. The van der Waals surface area contributed by atoms with Crippen molar-refractivity contribution >= 4 is 29.5 Å². The van der Waals surface area contributed by atoms with Crippen LogP contribution < -0.4 is 0 Å². The summed E-state index contributed by atoms with van der Waals surface area (Å²) in [6.07, 6.45) is 0.185. The Morgan fingerprint density at radius 3 is 2.71 bits per heavy atom. The third-order valence-electron chi connectivity index (χ3n) is 2.05. The number of carbonyl (C=O) groups excluding carboxylic acids is 2. The smallest absolute Gasteiger partial charge is 0.310 e. The molecule has 0 atom stereocenters. The maximum absolute atomic E-state index is 11.1. The fraction of sp³-hybridized carbons (Fsp3) is 0.200. The summed E-state index contributed by atoms with van der Waals surface area (Å²) in [5.41, 5.74) is -0.168. The third kappa shape index (κ3) is 3.01. The van der Waals surface area contributed by atoms with Gasteiger partial charge in [-0.1, -0.05) is 11.6 Å². The molecule has 0 aliphatic carbocycles. The molecule has 0 aliphatic heterocycles. The molecule has 0 unspecified atom stereocenters. The minimum Gasteiger partial charge on any atom is -0.469 e. The first-order valence-corrected chi connectivity index (χ1v) is 4.86. The Labute approximate surface area is 101 Å². The molecule has 0 heterocycles. The lowest BCUT2D eigenvalue weighted by Gasteiger charge is -2.04. The van der Waals surface area contributed by atoms with E-state index >= 15 is 0 Å². The largest absolute Gasteiger partial charge is 0.469 e. The van der Waals surface area contributed by atoms with Gasteiger partial charge in [-0.25, -0.2) is 0 Å². The quantitative estimate of drug-likeness (QED) is 0.355. The van der Waals surface area contributed by atoms with Crippen LogP contribution in [0.3, 0.4) is 0 Å². The fourth-order valence-electron chi connectivity index (χ4n) is 1.31. The SMILES string of the molecule is COC(=O)Cc1cc(C=O)cc(Cl)c1[N+](=O)[O-]. The summed E-state index contributed by atoms with van der Waals surface area (Å²) in [6, 6.07) is 2.42. The monoisotopic (exact) mass is 257 g/mol. The zero-order chi connectivity index (χ0) is 13.0. The second-order valence-electron chi connectivity index (χ2n) is 3.14. The first kappa shape index (κ1) is 13.1. The average molecular weight is 258 g/mol. The number of ether oxygens (including phenoxy) is 1. The standard InChI is InChI=1S/C10H8ClNO5/c1-17-9(14)4-7-2-6(5-13)3-8(11)10(7)12(15)16/h2-3,5H,4H2,1H3. The van der Waals surface area contributed by atoms with Crippen LogP contribution in [-0.2, 0) is 16.0 Å². The van der Waals surface area contributed by atoms with E-state index in [2.05, 4.69) is 4.74 Å². The summed E-state index contributed by atoms with van der Waals surface area (Å²) >= 11 is 5.68. The van der Waals surface area contributed by atoms with Gasteiger partial charge in [0.25, 0.3) is 5.69 Å². The number of hydrogen-bond donors (Lipinski definition) is 0. The summed E-state index contributed by atoms with van der Waals surface area (Å²) in [7, 11) is 1.17. The predicted octanol–water partition coefficient (Wildman–Crippen LogP) is 1.78.